The molecule has 2 heterocycles. The molecule has 1 fully saturated rings. The van der Waals surface area contributed by atoms with Crippen molar-refractivity contribution in [3.63, 3.8) is 0 Å². The third kappa shape index (κ3) is 4.43. The van der Waals surface area contributed by atoms with Gasteiger partial charge in [0.15, 0.2) is 0 Å². The number of carbonyl (C=O) groups is 1. The van der Waals surface area contributed by atoms with Gasteiger partial charge in [0.1, 0.15) is 0 Å². The normalized spacial score (nSPS) is 15.3. The van der Waals surface area contributed by atoms with E-state index in [1.54, 1.807) is 6.20 Å². The maximum Gasteiger partial charge on any atom is 0.255 e. The van der Waals surface area contributed by atoms with Crippen LogP contribution >= 0.6 is 0 Å². The fraction of sp³-hybridized carbons (Fsp3) is 0.455. The first-order valence-electron chi connectivity index (χ1n) is 9.59. The number of nitrogens with zero attached hydrogens (tertiary/aromatic N) is 3. The molecule has 26 heavy (non-hydrogen) atoms. The zero-order chi connectivity index (χ0) is 18.5. The first-order valence-corrected chi connectivity index (χ1v) is 9.59. The molecule has 0 bridgehead atoms. The molecule has 1 aromatic heterocycles. The Balaban J connectivity index is 1.79. The summed E-state index contributed by atoms with van der Waals surface area (Å²) >= 11 is 0. The number of anilines is 1. The van der Waals surface area contributed by atoms with Crippen molar-refractivity contribution in [2.75, 3.05) is 18.0 Å². The van der Waals surface area contributed by atoms with E-state index in [9.17, 15) is 4.79 Å². The summed E-state index contributed by atoms with van der Waals surface area (Å²) in [6.45, 7) is 9.10. The standard InChI is InChI=1S/C22H29N3O/c1-17(2)25(16-19-7-5-4-6-8-19)21-13-20(14-23-15-21)22(26)24-11-9-18(3)10-12-24/h4-8,13-15,17-18H,9-12,16H2,1-3H3. The van der Waals surface area contributed by atoms with E-state index in [1.807, 2.05) is 23.2 Å². The summed E-state index contributed by atoms with van der Waals surface area (Å²) in [5.41, 5.74) is 2.94. The largest absolute Gasteiger partial charge is 0.364 e. The van der Waals surface area contributed by atoms with E-state index in [-0.39, 0.29) is 5.91 Å². The van der Waals surface area contributed by atoms with Gasteiger partial charge in [-0.05, 0) is 44.2 Å². The van der Waals surface area contributed by atoms with Crippen molar-refractivity contribution in [3.05, 3.63) is 59.9 Å². The molecule has 0 spiro atoms. The monoisotopic (exact) mass is 351 g/mol. The first kappa shape index (κ1) is 18.4. The lowest BCUT2D eigenvalue weighted by atomic mass is 9.99. The molecule has 0 saturated carbocycles. The number of rotatable bonds is 5. The van der Waals surface area contributed by atoms with Crippen LogP contribution in [0.3, 0.4) is 0 Å². The van der Waals surface area contributed by atoms with Crippen molar-refractivity contribution in [2.45, 2.75) is 46.2 Å². The second-order valence-electron chi connectivity index (χ2n) is 7.61. The Bertz CT molecular complexity index is 721. The number of hydrogen-bond acceptors (Lipinski definition) is 3. The predicted octanol–water partition coefficient (Wildman–Crippen LogP) is 4.37. The molecule has 1 aromatic carbocycles. The SMILES string of the molecule is CC1CCN(C(=O)c2cncc(N(Cc3ccccc3)C(C)C)c2)CC1. The van der Waals surface area contributed by atoms with Gasteiger partial charge in [-0.3, -0.25) is 9.78 Å². The van der Waals surface area contributed by atoms with Gasteiger partial charge < -0.3 is 9.80 Å². The minimum Gasteiger partial charge on any atom is -0.364 e. The second kappa shape index (κ2) is 8.35. The molecular weight excluding hydrogens is 322 g/mol. The number of benzene rings is 1. The Hall–Kier alpha value is -2.36. The molecule has 0 unspecified atom stereocenters. The van der Waals surface area contributed by atoms with Crippen LogP contribution in [0.15, 0.2) is 48.8 Å². The van der Waals surface area contributed by atoms with Gasteiger partial charge in [-0.25, -0.2) is 0 Å². The summed E-state index contributed by atoms with van der Waals surface area (Å²) in [7, 11) is 0. The first-order chi connectivity index (χ1) is 12.5. The van der Waals surface area contributed by atoms with Gasteiger partial charge in [-0.2, -0.15) is 0 Å². The van der Waals surface area contributed by atoms with Gasteiger partial charge in [0, 0.05) is 31.9 Å². The lowest BCUT2D eigenvalue weighted by molar-refractivity contribution is 0.0697. The molecule has 0 aliphatic carbocycles. The van der Waals surface area contributed by atoms with Gasteiger partial charge in [-0.1, -0.05) is 37.3 Å². The predicted molar refractivity (Wildman–Crippen MR) is 106 cm³/mol. The molecule has 2 aromatic rings. The molecule has 3 rings (SSSR count). The van der Waals surface area contributed by atoms with E-state index in [0.717, 1.165) is 38.2 Å². The van der Waals surface area contributed by atoms with Gasteiger partial charge in [-0.15, -0.1) is 0 Å². The average Bonchev–Trinajstić information content (AvgIpc) is 2.67. The van der Waals surface area contributed by atoms with E-state index in [0.29, 0.717) is 17.5 Å². The molecule has 1 saturated heterocycles. The van der Waals surface area contributed by atoms with E-state index >= 15 is 0 Å². The molecule has 0 N–H and O–H groups in total. The van der Waals surface area contributed by atoms with E-state index < -0.39 is 0 Å². The summed E-state index contributed by atoms with van der Waals surface area (Å²) in [5.74, 6) is 0.820. The van der Waals surface area contributed by atoms with Crippen molar-refractivity contribution < 1.29 is 4.79 Å². The van der Waals surface area contributed by atoms with Crippen molar-refractivity contribution in [1.29, 1.82) is 0 Å². The Morgan fingerprint density at radius 3 is 2.54 bits per heavy atom. The highest BCUT2D eigenvalue weighted by Gasteiger charge is 2.22. The van der Waals surface area contributed by atoms with Gasteiger partial charge in [0.05, 0.1) is 17.4 Å². The topological polar surface area (TPSA) is 36.4 Å². The number of hydrogen-bond donors (Lipinski definition) is 0. The molecule has 1 aliphatic rings. The minimum absolute atomic E-state index is 0.106. The number of pyridine rings is 1. The van der Waals surface area contributed by atoms with Crippen molar-refractivity contribution in [1.82, 2.24) is 9.88 Å². The van der Waals surface area contributed by atoms with E-state index in [1.165, 1.54) is 5.56 Å². The number of piperidine rings is 1. The lowest BCUT2D eigenvalue weighted by Crippen LogP contribution is -2.38. The highest BCUT2D eigenvalue weighted by atomic mass is 16.2. The fourth-order valence-corrected chi connectivity index (χ4v) is 3.45. The molecule has 0 atom stereocenters. The maximum atomic E-state index is 12.9. The molecule has 1 aliphatic heterocycles. The Morgan fingerprint density at radius 2 is 1.88 bits per heavy atom. The second-order valence-corrected chi connectivity index (χ2v) is 7.61. The Morgan fingerprint density at radius 1 is 1.19 bits per heavy atom. The number of carbonyl (C=O) groups excluding carboxylic acids is 1. The highest BCUT2D eigenvalue weighted by Crippen LogP contribution is 2.23. The fourth-order valence-electron chi connectivity index (χ4n) is 3.45. The minimum atomic E-state index is 0.106. The third-order valence-corrected chi connectivity index (χ3v) is 5.19. The smallest absolute Gasteiger partial charge is 0.255 e. The van der Waals surface area contributed by atoms with Gasteiger partial charge in [0.2, 0.25) is 0 Å². The molecule has 4 nitrogen and oxygen atoms in total. The number of aromatic nitrogens is 1. The lowest BCUT2D eigenvalue weighted by Gasteiger charge is -2.31. The van der Waals surface area contributed by atoms with E-state index in [2.05, 4.69) is 54.9 Å². The summed E-state index contributed by atoms with van der Waals surface area (Å²) in [6.07, 6.45) is 5.73. The Labute approximate surface area is 156 Å². The maximum absolute atomic E-state index is 12.9. The highest BCUT2D eigenvalue weighted by molar-refractivity contribution is 5.94. The van der Waals surface area contributed by atoms with Crippen LogP contribution < -0.4 is 4.90 Å². The van der Waals surface area contributed by atoms with Crippen LogP contribution in [-0.4, -0.2) is 34.9 Å². The molecular formula is C22H29N3O. The molecule has 138 valence electrons. The number of likely N-dealkylation sites (tertiary alicyclic amines) is 1. The van der Waals surface area contributed by atoms with Crippen LogP contribution in [0.5, 0.6) is 0 Å². The molecule has 1 amide bonds. The average molecular weight is 351 g/mol. The summed E-state index contributed by atoms with van der Waals surface area (Å²) in [4.78, 5) is 21.5. The van der Waals surface area contributed by atoms with Crippen molar-refractivity contribution in [3.8, 4) is 0 Å². The van der Waals surface area contributed by atoms with Crippen molar-refractivity contribution >= 4 is 11.6 Å². The summed E-state index contributed by atoms with van der Waals surface area (Å²) < 4.78 is 0. The zero-order valence-corrected chi connectivity index (χ0v) is 16.1. The van der Waals surface area contributed by atoms with Crippen LogP contribution in [0.1, 0.15) is 49.5 Å². The van der Waals surface area contributed by atoms with Crippen LogP contribution in [0.4, 0.5) is 5.69 Å². The third-order valence-electron chi connectivity index (χ3n) is 5.19. The van der Waals surface area contributed by atoms with Crippen LogP contribution in [0.2, 0.25) is 0 Å². The van der Waals surface area contributed by atoms with Crippen LogP contribution in [0.25, 0.3) is 0 Å². The van der Waals surface area contributed by atoms with Crippen molar-refractivity contribution in [2.24, 2.45) is 5.92 Å². The number of amides is 1. The van der Waals surface area contributed by atoms with Crippen LogP contribution in [-0.2, 0) is 6.54 Å². The van der Waals surface area contributed by atoms with Gasteiger partial charge in [0.25, 0.3) is 5.91 Å². The van der Waals surface area contributed by atoms with E-state index in [4.69, 9.17) is 0 Å². The molecule has 4 heteroatoms. The quantitative estimate of drug-likeness (QED) is 0.803. The summed E-state index contributed by atoms with van der Waals surface area (Å²) in [5, 5.41) is 0. The van der Waals surface area contributed by atoms with Crippen LogP contribution in [0, 0.1) is 5.92 Å². The Kier molecular flexibility index (Phi) is 5.92. The van der Waals surface area contributed by atoms with Gasteiger partial charge >= 0.3 is 0 Å². The zero-order valence-electron chi connectivity index (χ0n) is 16.1. The summed E-state index contributed by atoms with van der Waals surface area (Å²) in [6, 6.07) is 12.7. The molecule has 0 radical (unpaired) electrons.